The zero-order valence-electron chi connectivity index (χ0n) is 21.8. The zero-order valence-corrected chi connectivity index (χ0v) is 23.4. The SMILES string of the molecule is Cc1cc(Cl)cc(-c2ccnc3cc([C@@H](C)N4C(=O)C5C(C4=O)C5(C)C)sc23)c1OC1CCC(C)NC1. The Balaban J connectivity index is 1.37. The minimum absolute atomic E-state index is 0.0466. The third kappa shape index (κ3) is 3.98. The third-order valence-electron chi connectivity index (χ3n) is 8.49. The van der Waals surface area contributed by atoms with Gasteiger partial charge >= 0.3 is 0 Å². The molecule has 2 amide bonds. The predicted molar refractivity (Wildman–Crippen MR) is 147 cm³/mol. The van der Waals surface area contributed by atoms with Crippen LogP contribution in [0.4, 0.5) is 0 Å². The lowest BCUT2D eigenvalue weighted by molar-refractivity contribution is -0.145. The van der Waals surface area contributed by atoms with Crippen molar-refractivity contribution in [3.05, 3.63) is 45.9 Å². The Morgan fingerprint density at radius 1 is 1.16 bits per heavy atom. The number of piperidine rings is 2. The first-order chi connectivity index (χ1) is 17.6. The number of hydrogen-bond donors (Lipinski definition) is 1. The monoisotopic (exact) mass is 537 g/mol. The fourth-order valence-corrected chi connectivity index (χ4v) is 7.64. The number of fused-ring (bicyclic) bond motifs is 2. The highest BCUT2D eigenvalue weighted by Crippen LogP contribution is 2.64. The van der Waals surface area contributed by atoms with Crippen molar-refractivity contribution in [1.82, 2.24) is 15.2 Å². The topological polar surface area (TPSA) is 71.5 Å². The van der Waals surface area contributed by atoms with Gasteiger partial charge in [-0.3, -0.25) is 19.5 Å². The van der Waals surface area contributed by atoms with Gasteiger partial charge in [0.15, 0.2) is 0 Å². The highest BCUT2D eigenvalue weighted by Gasteiger charge is 2.73. The smallest absolute Gasteiger partial charge is 0.234 e. The number of benzene rings is 1. The summed E-state index contributed by atoms with van der Waals surface area (Å²) in [4.78, 5) is 33.2. The van der Waals surface area contributed by atoms with Crippen LogP contribution in [0, 0.1) is 24.2 Å². The largest absolute Gasteiger partial charge is 0.488 e. The van der Waals surface area contributed by atoms with E-state index in [1.165, 1.54) is 4.90 Å². The fraction of sp³-hybridized carbons (Fsp3) is 0.483. The molecule has 4 heterocycles. The molecule has 5 atom stereocenters. The van der Waals surface area contributed by atoms with E-state index in [4.69, 9.17) is 16.3 Å². The summed E-state index contributed by atoms with van der Waals surface area (Å²) in [5.41, 5.74) is 3.55. The molecule has 0 spiro atoms. The minimum atomic E-state index is -0.331. The van der Waals surface area contributed by atoms with Gasteiger partial charge < -0.3 is 10.1 Å². The van der Waals surface area contributed by atoms with Crippen LogP contribution in [-0.2, 0) is 9.59 Å². The van der Waals surface area contributed by atoms with Gasteiger partial charge in [-0.2, -0.15) is 0 Å². The van der Waals surface area contributed by atoms with E-state index in [9.17, 15) is 9.59 Å². The first-order valence-electron chi connectivity index (χ1n) is 13.0. The second-order valence-corrected chi connectivity index (χ2v) is 13.0. The van der Waals surface area contributed by atoms with Crippen molar-refractivity contribution in [3.8, 4) is 16.9 Å². The Bertz CT molecular complexity index is 1400. The van der Waals surface area contributed by atoms with Crippen molar-refractivity contribution in [2.24, 2.45) is 17.3 Å². The average molecular weight is 538 g/mol. The summed E-state index contributed by atoms with van der Waals surface area (Å²) in [6, 6.07) is 8.08. The number of halogens is 1. The molecular weight excluding hydrogens is 506 g/mol. The van der Waals surface area contributed by atoms with Crippen molar-refractivity contribution in [2.45, 2.75) is 65.6 Å². The summed E-state index contributed by atoms with van der Waals surface area (Å²) in [7, 11) is 0. The number of rotatable bonds is 5. The van der Waals surface area contributed by atoms with Crippen LogP contribution in [0.25, 0.3) is 21.3 Å². The number of aromatic nitrogens is 1. The van der Waals surface area contributed by atoms with E-state index in [0.29, 0.717) is 11.1 Å². The summed E-state index contributed by atoms with van der Waals surface area (Å²) >= 11 is 8.12. The van der Waals surface area contributed by atoms with Crippen LogP contribution >= 0.6 is 22.9 Å². The molecule has 8 heteroatoms. The van der Waals surface area contributed by atoms with Gasteiger partial charge in [-0.05, 0) is 68.9 Å². The maximum atomic E-state index is 13.1. The summed E-state index contributed by atoms with van der Waals surface area (Å²) in [6.07, 6.45) is 3.96. The molecule has 3 aliphatic rings. The molecule has 2 saturated heterocycles. The maximum Gasteiger partial charge on any atom is 0.234 e. The van der Waals surface area contributed by atoms with Crippen LogP contribution in [0.2, 0.25) is 5.02 Å². The molecule has 0 radical (unpaired) electrons. The number of carbonyl (C=O) groups is 2. The Labute approximate surface area is 226 Å². The van der Waals surface area contributed by atoms with Crippen LogP contribution in [0.1, 0.15) is 57.0 Å². The number of likely N-dealkylation sites (tertiary alicyclic amines) is 1. The molecule has 2 aliphatic heterocycles. The second kappa shape index (κ2) is 8.79. The number of imide groups is 1. The van der Waals surface area contributed by atoms with Gasteiger partial charge in [0.25, 0.3) is 0 Å². The van der Waals surface area contributed by atoms with E-state index in [-0.39, 0.29) is 41.2 Å². The molecule has 3 aromatic rings. The molecule has 0 bridgehead atoms. The zero-order chi connectivity index (χ0) is 26.2. The van der Waals surface area contributed by atoms with Gasteiger partial charge in [-0.15, -0.1) is 11.3 Å². The van der Waals surface area contributed by atoms with Crippen LogP contribution in [0.15, 0.2) is 30.5 Å². The van der Waals surface area contributed by atoms with E-state index < -0.39 is 0 Å². The second-order valence-electron chi connectivity index (χ2n) is 11.4. The normalized spacial score (nSPS) is 27.5. The number of pyridine rings is 1. The molecule has 2 aromatic heterocycles. The fourth-order valence-electron chi connectivity index (χ4n) is 6.18. The van der Waals surface area contributed by atoms with Crippen LogP contribution in [-0.4, -0.2) is 40.4 Å². The van der Waals surface area contributed by atoms with E-state index in [2.05, 4.69) is 17.2 Å². The summed E-state index contributed by atoms with van der Waals surface area (Å²) < 4.78 is 7.59. The minimum Gasteiger partial charge on any atom is -0.488 e. The van der Waals surface area contributed by atoms with Crippen LogP contribution < -0.4 is 10.1 Å². The molecule has 3 fully saturated rings. The Morgan fingerprint density at radius 3 is 2.57 bits per heavy atom. The van der Waals surface area contributed by atoms with E-state index in [0.717, 1.165) is 56.9 Å². The van der Waals surface area contributed by atoms with Crippen LogP contribution in [0.5, 0.6) is 5.75 Å². The summed E-state index contributed by atoms with van der Waals surface area (Å²) in [6.45, 7) is 11.0. The number of amides is 2. The van der Waals surface area contributed by atoms with E-state index in [1.807, 2.05) is 52.0 Å². The Hall–Kier alpha value is -2.48. The molecule has 194 valence electrons. The van der Waals surface area contributed by atoms with Gasteiger partial charge in [-0.25, -0.2) is 0 Å². The number of hydrogen-bond acceptors (Lipinski definition) is 6. The highest BCUT2D eigenvalue weighted by atomic mass is 35.5. The molecule has 1 aromatic carbocycles. The van der Waals surface area contributed by atoms with E-state index >= 15 is 0 Å². The summed E-state index contributed by atoms with van der Waals surface area (Å²) in [5, 5.41) is 4.17. The molecule has 1 aliphatic carbocycles. The molecule has 6 rings (SSSR count). The lowest BCUT2D eigenvalue weighted by Crippen LogP contribution is -2.42. The van der Waals surface area contributed by atoms with Crippen molar-refractivity contribution < 1.29 is 14.3 Å². The number of nitrogens with zero attached hydrogens (tertiary/aromatic N) is 2. The van der Waals surface area contributed by atoms with Gasteiger partial charge in [0, 0.05) is 39.8 Å². The van der Waals surface area contributed by atoms with Gasteiger partial charge in [0.1, 0.15) is 11.9 Å². The quantitative estimate of drug-likeness (QED) is 0.395. The average Bonchev–Trinajstić information content (AvgIpc) is 3.11. The molecule has 1 saturated carbocycles. The predicted octanol–water partition coefficient (Wildman–Crippen LogP) is 6.15. The maximum absolute atomic E-state index is 13.1. The third-order valence-corrected chi connectivity index (χ3v) is 10.0. The van der Waals surface area contributed by atoms with Crippen LogP contribution in [0.3, 0.4) is 0 Å². The number of carbonyl (C=O) groups excluding carboxylic acids is 2. The Kier molecular flexibility index (Phi) is 5.90. The molecule has 4 unspecified atom stereocenters. The first-order valence-corrected chi connectivity index (χ1v) is 14.2. The number of thiophene rings is 1. The highest BCUT2D eigenvalue weighted by molar-refractivity contribution is 7.19. The molecule has 1 N–H and O–H groups in total. The number of ether oxygens (including phenoxy) is 1. The molecule has 6 nitrogen and oxygen atoms in total. The Morgan fingerprint density at radius 2 is 1.89 bits per heavy atom. The molecule has 37 heavy (non-hydrogen) atoms. The molecular formula is C29H32ClN3O3S. The number of nitrogens with one attached hydrogen (secondary N) is 1. The van der Waals surface area contributed by atoms with Gasteiger partial charge in [0.2, 0.25) is 11.8 Å². The van der Waals surface area contributed by atoms with Crippen molar-refractivity contribution >= 4 is 45.0 Å². The standard InChI is InChI=1S/C29H32ClN3O3S/c1-14-10-17(30)11-20(25(14)36-18-7-6-15(2)32-13-18)19-8-9-31-21-12-22(37-26(19)21)16(3)33-27(34)23-24(28(33)35)29(23,4)5/h8-12,15-16,18,23-24,32H,6-7,13H2,1-5H3/t15?,16-,18?,23?,24?/m1/s1. The first kappa shape index (κ1) is 24.8. The van der Waals surface area contributed by atoms with Gasteiger partial charge in [0.05, 0.1) is 28.1 Å². The van der Waals surface area contributed by atoms with Crippen molar-refractivity contribution in [3.63, 3.8) is 0 Å². The van der Waals surface area contributed by atoms with Crippen molar-refractivity contribution in [1.29, 1.82) is 0 Å². The summed E-state index contributed by atoms with van der Waals surface area (Å²) in [5.74, 6) is 0.381. The van der Waals surface area contributed by atoms with Gasteiger partial charge in [-0.1, -0.05) is 25.4 Å². The lowest BCUT2D eigenvalue weighted by atomic mass is 10.0. The number of aryl methyl sites for hydroxylation is 1. The van der Waals surface area contributed by atoms with E-state index in [1.54, 1.807) is 17.5 Å². The lowest BCUT2D eigenvalue weighted by Gasteiger charge is -2.29. The van der Waals surface area contributed by atoms with Crippen molar-refractivity contribution in [2.75, 3.05) is 6.54 Å².